The van der Waals surface area contributed by atoms with Gasteiger partial charge in [0.15, 0.2) is 0 Å². The van der Waals surface area contributed by atoms with E-state index in [4.69, 9.17) is 5.73 Å². The Bertz CT molecular complexity index is 811. The molecule has 4 heteroatoms. The van der Waals surface area contributed by atoms with Crippen molar-refractivity contribution in [2.45, 2.75) is 58.4 Å². The van der Waals surface area contributed by atoms with Crippen LogP contribution < -0.4 is 5.73 Å². The Morgan fingerprint density at radius 1 is 0.833 bits per heavy atom. The fourth-order valence-corrected chi connectivity index (χ4v) is 4.41. The van der Waals surface area contributed by atoms with Crippen molar-refractivity contribution < 1.29 is 4.79 Å². The summed E-state index contributed by atoms with van der Waals surface area (Å²) in [4.78, 5) is 17.8. The summed E-state index contributed by atoms with van der Waals surface area (Å²) in [5, 5.41) is 0. The maximum atomic E-state index is 13.2. The molecular weight excluding hydrogens is 370 g/mol. The zero-order valence-corrected chi connectivity index (χ0v) is 18.6. The van der Waals surface area contributed by atoms with Crippen LogP contribution >= 0.6 is 0 Å². The lowest BCUT2D eigenvalue weighted by atomic mass is 9.96. The Labute approximate surface area is 182 Å². The van der Waals surface area contributed by atoms with Crippen LogP contribution in [-0.2, 0) is 0 Å². The van der Waals surface area contributed by atoms with Crippen molar-refractivity contribution in [3.05, 3.63) is 65.2 Å². The van der Waals surface area contributed by atoms with Crippen molar-refractivity contribution in [2.75, 3.05) is 31.9 Å². The second-order valence-corrected chi connectivity index (χ2v) is 8.37. The molecule has 3 rings (SSSR count). The summed E-state index contributed by atoms with van der Waals surface area (Å²) in [6, 6.07) is 15.8. The molecular formula is C26H37N3O. The number of hydrogen-bond donors (Lipinski definition) is 1. The number of rotatable bonds is 12. The second kappa shape index (κ2) is 11.2. The highest BCUT2D eigenvalue weighted by atomic mass is 16.2. The van der Waals surface area contributed by atoms with Gasteiger partial charge < -0.3 is 15.5 Å². The number of carbonyl (C=O) groups is 1. The molecule has 0 bridgehead atoms. The summed E-state index contributed by atoms with van der Waals surface area (Å²) in [6.45, 7) is 8.77. The first-order valence-electron chi connectivity index (χ1n) is 11.6. The fourth-order valence-electron chi connectivity index (χ4n) is 4.41. The normalized spacial score (nSPS) is 15.8. The molecule has 2 aromatic carbocycles. The van der Waals surface area contributed by atoms with Crippen LogP contribution in [-0.4, -0.2) is 41.9 Å². The molecule has 30 heavy (non-hydrogen) atoms. The maximum Gasteiger partial charge on any atom is 0.255 e. The van der Waals surface area contributed by atoms with Gasteiger partial charge in [0, 0.05) is 23.4 Å². The van der Waals surface area contributed by atoms with E-state index in [9.17, 15) is 4.79 Å². The first kappa shape index (κ1) is 22.4. The molecule has 1 amide bonds. The molecule has 0 aliphatic carbocycles. The fraction of sp³-hybridized carbons (Fsp3) is 0.500. The minimum absolute atomic E-state index is 0.0776. The number of nitrogens with two attached hydrogens (primary N) is 1. The summed E-state index contributed by atoms with van der Waals surface area (Å²) in [5.74, 6) is 0.132. The predicted octanol–water partition coefficient (Wildman–Crippen LogP) is 5.50. The van der Waals surface area contributed by atoms with Crippen molar-refractivity contribution in [2.24, 2.45) is 0 Å². The van der Waals surface area contributed by atoms with Crippen LogP contribution in [0.4, 0.5) is 5.69 Å². The first-order chi connectivity index (χ1) is 14.7. The summed E-state index contributed by atoms with van der Waals surface area (Å²) in [5.41, 5.74) is 9.99. The van der Waals surface area contributed by atoms with E-state index in [0.717, 1.165) is 48.3 Å². The van der Waals surface area contributed by atoms with E-state index in [1.165, 1.54) is 38.8 Å². The lowest BCUT2D eigenvalue weighted by Crippen LogP contribution is -2.31. The van der Waals surface area contributed by atoms with Gasteiger partial charge in [-0.25, -0.2) is 0 Å². The van der Waals surface area contributed by atoms with Gasteiger partial charge in [0.25, 0.3) is 5.91 Å². The molecule has 0 saturated heterocycles. The number of hydrogen-bond acceptors (Lipinski definition) is 3. The Morgan fingerprint density at radius 3 is 2.10 bits per heavy atom. The topological polar surface area (TPSA) is 49.6 Å². The Balaban J connectivity index is 1.67. The first-order valence-corrected chi connectivity index (χ1v) is 11.6. The predicted molar refractivity (Wildman–Crippen MR) is 126 cm³/mol. The number of anilines is 1. The minimum atomic E-state index is -0.0776. The van der Waals surface area contributed by atoms with E-state index in [0.29, 0.717) is 0 Å². The third-order valence-corrected chi connectivity index (χ3v) is 6.13. The van der Waals surface area contributed by atoms with Gasteiger partial charge >= 0.3 is 0 Å². The molecule has 1 aliphatic rings. The monoisotopic (exact) mass is 407 g/mol. The Kier molecular flexibility index (Phi) is 8.32. The smallest absolute Gasteiger partial charge is 0.255 e. The van der Waals surface area contributed by atoms with Crippen LogP contribution in [0.25, 0.3) is 0 Å². The number of unbranched alkanes of at least 4 members (excludes halogenated alkanes) is 3. The van der Waals surface area contributed by atoms with Crippen molar-refractivity contribution in [1.82, 2.24) is 9.80 Å². The van der Waals surface area contributed by atoms with Gasteiger partial charge in [-0.1, -0.05) is 63.1 Å². The van der Waals surface area contributed by atoms with Crippen molar-refractivity contribution in [1.29, 1.82) is 0 Å². The number of nitrogen functional groups attached to an aromatic ring is 1. The highest BCUT2D eigenvalue weighted by molar-refractivity contribution is 6.00. The van der Waals surface area contributed by atoms with Crippen LogP contribution in [0.3, 0.4) is 0 Å². The second-order valence-electron chi connectivity index (χ2n) is 8.37. The summed E-state index contributed by atoms with van der Waals surface area (Å²) >= 11 is 0. The minimum Gasteiger partial charge on any atom is -0.398 e. The lowest BCUT2D eigenvalue weighted by Gasteiger charge is -2.27. The summed E-state index contributed by atoms with van der Waals surface area (Å²) in [7, 11) is 0. The molecule has 2 N–H and O–H groups in total. The quantitative estimate of drug-likeness (QED) is 0.373. The SMILES string of the molecule is CCCCN(CCCC)CCCCN1C(=O)c2ccccc2C1c1ccccc1N. The molecule has 1 atom stereocenters. The van der Waals surface area contributed by atoms with Gasteiger partial charge in [0.2, 0.25) is 0 Å². The molecule has 1 unspecified atom stereocenters. The van der Waals surface area contributed by atoms with Gasteiger partial charge in [0.1, 0.15) is 0 Å². The molecule has 1 aliphatic heterocycles. The number of fused-ring (bicyclic) bond motifs is 1. The number of nitrogens with zero attached hydrogens (tertiary/aromatic N) is 2. The van der Waals surface area contributed by atoms with Crippen molar-refractivity contribution in [3.8, 4) is 0 Å². The Hall–Kier alpha value is -2.33. The average molecular weight is 408 g/mol. The van der Waals surface area contributed by atoms with Crippen LogP contribution in [0.1, 0.15) is 79.9 Å². The van der Waals surface area contributed by atoms with E-state index in [2.05, 4.69) is 30.9 Å². The molecule has 162 valence electrons. The van der Waals surface area contributed by atoms with Crippen molar-refractivity contribution in [3.63, 3.8) is 0 Å². The molecule has 0 spiro atoms. The van der Waals surface area contributed by atoms with Gasteiger partial charge in [-0.2, -0.15) is 0 Å². The number of carbonyl (C=O) groups excluding carboxylic acids is 1. The summed E-state index contributed by atoms with van der Waals surface area (Å²) < 4.78 is 0. The number of amides is 1. The molecule has 1 heterocycles. The largest absolute Gasteiger partial charge is 0.398 e. The van der Waals surface area contributed by atoms with Crippen LogP contribution in [0, 0.1) is 0 Å². The lowest BCUT2D eigenvalue weighted by molar-refractivity contribution is 0.0745. The highest BCUT2D eigenvalue weighted by Gasteiger charge is 2.37. The van der Waals surface area contributed by atoms with E-state index in [1.54, 1.807) is 0 Å². The van der Waals surface area contributed by atoms with Gasteiger partial charge in [-0.3, -0.25) is 4.79 Å². The average Bonchev–Trinajstić information content (AvgIpc) is 3.04. The van der Waals surface area contributed by atoms with Gasteiger partial charge in [-0.15, -0.1) is 0 Å². The van der Waals surface area contributed by atoms with Crippen LogP contribution in [0.5, 0.6) is 0 Å². The maximum absolute atomic E-state index is 13.2. The zero-order valence-electron chi connectivity index (χ0n) is 18.6. The van der Waals surface area contributed by atoms with E-state index in [-0.39, 0.29) is 11.9 Å². The third-order valence-electron chi connectivity index (χ3n) is 6.13. The van der Waals surface area contributed by atoms with E-state index in [1.807, 2.05) is 41.3 Å². The number of benzene rings is 2. The molecule has 4 nitrogen and oxygen atoms in total. The van der Waals surface area contributed by atoms with E-state index < -0.39 is 0 Å². The zero-order chi connectivity index (χ0) is 21.3. The summed E-state index contributed by atoms with van der Waals surface area (Å²) in [6.07, 6.45) is 7.13. The standard InChI is InChI=1S/C26H37N3O/c1-3-5-17-28(18-6-4-2)19-11-12-20-29-25(23-15-9-10-16-24(23)27)21-13-7-8-14-22(21)26(29)30/h7-10,13-16,25H,3-6,11-12,17-20,27H2,1-2H3. The Morgan fingerprint density at radius 2 is 1.43 bits per heavy atom. The molecule has 2 aromatic rings. The van der Waals surface area contributed by atoms with Gasteiger partial charge in [-0.05, 0) is 63.0 Å². The van der Waals surface area contributed by atoms with Crippen molar-refractivity contribution >= 4 is 11.6 Å². The van der Waals surface area contributed by atoms with E-state index >= 15 is 0 Å². The van der Waals surface area contributed by atoms with Crippen LogP contribution in [0.2, 0.25) is 0 Å². The van der Waals surface area contributed by atoms with Crippen LogP contribution in [0.15, 0.2) is 48.5 Å². The molecule has 0 aromatic heterocycles. The highest BCUT2D eigenvalue weighted by Crippen LogP contribution is 2.40. The molecule has 0 fully saturated rings. The number of para-hydroxylation sites is 1. The van der Waals surface area contributed by atoms with Gasteiger partial charge in [0.05, 0.1) is 6.04 Å². The molecule has 0 saturated carbocycles. The molecule has 0 radical (unpaired) electrons. The third kappa shape index (κ3) is 5.23.